The van der Waals surface area contributed by atoms with Crippen LogP contribution in [-0.2, 0) is 4.79 Å². The summed E-state index contributed by atoms with van der Waals surface area (Å²) in [7, 11) is 0. The number of allylic oxidation sites excluding steroid dienone is 1. The zero-order valence-electron chi connectivity index (χ0n) is 14.7. The van der Waals surface area contributed by atoms with E-state index in [0.29, 0.717) is 0 Å². The van der Waals surface area contributed by atoms with Crippen molar-refractivity contribution in [1.29, 1.82) is 0 Å². The second kappa shape index (κ2) is 7.43. The van der Waals surface area contributed by atoms with Gasteiger partial charge in [0, 0.05) is 18.3 Å². The molecule has 0 aromatic carbocycles. The van der Waals surface area contributed by atoms with Crippen molar-refractivity contribution in [3.05, 3.63) is 35.7 Å². The number of hydrogen-bond acceptors (Lipinski definition) is 4. The van der Waals surface area contributed by atoms with Crippen molar-refractivity contribution in [2.24, 2.45) is 17.1 Å². The molecule has 1 saturated heterocycles. The smallest absolute Gasteiger partial charge is 0.231 e. The van der Waals surface area contributed by atoms with Crippen molar-refractivity contribution >= 4 is 5.91 Å². The lowest BCUT2D eigenvalue weighted by Crippen LogP contribution is -2.46. The third-order valence-corrected chi connectivity index (χ3v) is 5.55. The molecule has 0 radical (unpaired) electrons. The van der Waals surface area contributed by atoms with Gasteiger partial charge in [0.1, 0.15) is 0 Å². The second-order valence-corrected chi connectivity index (χ2v) is 7.13. The maximum atomic E-state index is 12.4. The number of primary amides is 1. The number of piperidine rings is 1. The van der Waals surface area contributed by atoms with E-state index in [4.69, 9.17) is 5.73 Å². The molecule has 0 saturated carbocycles. The summed E-state index contributed by atoms with van der Waals surface area (Å²) < 4.78 is 0. The first-order valence-corrected chi connectivity index (χ1v) is 9.34. The zero-order chi connectivity index (χ0) is 17.0. The number of carbonyl (C=O) groups excluding carboxylic acids is 1. The summed E-state index contributed by atoms with van der Waals surface area (Å²) in [4.78, 5) is 12.4. The molecule has 1 amide bonds. The third kappa shape index (κ3) is 3.22. The normalized spacial score (nSPS) is 26.6. The van der Waals surface area contributed by atoms with Gasteiger partial charge in [-0.25, -0.2) is 0 Å². The quantitative estimate of drug-likeness (QED) is 0.626. The molecule has 0 bridgehead atoms. The fraction of sp³-hybridized carbons (Fsp3) is 0.632. The van der Waals surface area contributed by atoms with Gasteiger partial charge in [0.15, 0.2) is 0 Å². The fourth-order valence-corrected chi connectivity index (χ4v) is 4.03. The molecule has 0 aromatic heterocycles. The van der Waals surface area contributed by atoms with Crippen LogP contribution in [0.15, 0.2) is 35.7 Å². The molecule has 1 fully saturated rings. The highest BCUT2D eigenvalue weighted by atomic mass is 16.1. The van der Waals surface area contributed by atoms with Crippen molar-refractivity contribution in [2.75, 3.05) is 19.6 Å². The van der Waals surface area contributed by atoms with Crippen LogP contribution < -0.4 is 16.5 Å². The minimum Gasteiger partial charge on any atom is -0.369 e. The molecule has 0 spiro atoms. The lowest BCUT2D eigenvalue weighted by atomic mass is 9.67. The van der Waals surface area contributed by atoms with Crippen LogP contribution in [0, 0.1) is 11.3 Å². The minimum absolute atomic E-state index is 0.227. The van der Waals surface area contributed by atoms with E-state index in [0.717, 1.165) is 50.2 Å². The van der Waals surface area contributed by atoms with Crippen molar-refractivity contribution in [2.45, 2.75) is 45.4 Å². The molecule has 1 unspecified atom stereocenters. The lowest BCUT2D eigenvalue weighted by Gasteiger charge is -2.39. The summed E-state index contributed by atoms with van der Waals surface area (Å²) in [6.45, 7) is 5.10. The zero-order valence-corrected chi connectivity index (χ0v) is 14.7. The molecule has 3 aliphatic rings. The van der Waals surface area contributed by atoms with E-state index in [1.165, 1.54) is 19.3 Å². The van der Waals surface area contributed by atoms with Gasteiger partial charge in [0.2, 0.25) is 5.91 Å². The van der Waals surface area contributed by atoms with Crippen LogP contribution in [-0.4, -0.2) is 30.6 Å². The van der Waals surface area contributed by atoms with Gasteiger partial charge in [-0.05, 0) is 44.3 Å². The molecule has 2 heterocycles. The summed E-state index contributed by atoms with van der Waals surface area (Å²) in [5.41, 5.74) is 10.8. The second-order valence-electron chi connectivity index (χ2n) is 7.13. The number of hydrazine groups is 1. The minimum atomic E-state index is -0.650. The van der Waals surface area contributed by atoms with Crippen molar-refractivity contribution in [1.82, 2.24) is 15.8 Å². The summed E-state index contributed by atoms with van der Waals surface area (Å²) in [6.07, 6.45) is 15.1. The van der Waals surface area contributed by atoms with Crippen LogP contribution >= 0.6 is 0 Å². The van der Waals surface area contributed by atoms with Gasteiger partial charge in [-0.1, -0.05) is 38.3 Å². The van der Waals surface area contributed by atoms with Crippen LogP contribution in [0.5, 0.6) is 0 Å². The van der Waals surface area contributed by atoms with E-state index in [1.54, 1.807) is 0 Å². The van der Waals surface area contributed by atoms with E-state index in [-0.39, 0.29) is 11.8 Å². The SMILES string of the molecule is CCCCCCN1NC=C2C=CC(C(N)=O)(C3CCNCC3)C=C21. The van der Waals surface area contributed by atoms with Crippen LogP contribution in [0.1, 0.15) is 45.4 Å². The van der Waals surface area contributed by atoms with Gasteiger partial charge in [-0.2, -0.15) is 0 Å². The molecular formula is C19H30N4O. The van der Waals surface area contributed by atoms with E-state index >= 15 is 0 Å². The van der Waals surface area contributed by atoms with Crippen LogP contribution in [0.25, 0.3) is 0 Å². The molecule has 132 valence electrons. The van der Waals surface area contributed by atoms with E-state index in [1.807, 2.05) is 12.3 Å². The molecule has 1 atom stereocenters. The Kier molecular flexibility index (Phi) is 5.29. The predicted octanol–water partition coefficient (Wildman–Crippen LogP) is 2.20. The van der Waals surface area contributed by atoms with Crippen molar-refractivity contribution < 1.29 is 4.79 Å². The Morgan fingerprint density at radius 1 is 1.33 bits per heavy atom. The summed E-state index contributed by atoms with van der Waals surface area (Å²) in [6, 6.07) is 0. The molecule has 5 heteroatoms. The topological polar surface area (TPSA) is 70.4 Å². The maximum absolute atomic E-state index is 12.4. The Bertz CT molecular complexity index is 560. The van der Waals surface area contributed by atoms with Gasteiger partial charge in [-0.15, -0.1) is 0 Å². The Morgan fingerprint density at radius 2 is 2.12 bits per heavy atom. The molecule has 0 aromatic rings. The first-order chi connectivity index (χ1) is 11.7. The number of unbranched alkanes of at least 4 members (excludes halogenated alkanes) is 3. The van der Waals surface area contributed by atoms with Crippen LogP contribution in [0.2, 0.25) is 0 Å². The van der Waals surface area contributed by atoms with Gasteiger partial charge in [-0.3, -0.25) is 9.80 Å². The molecule has 24 heavy (non-hydrogen) atoms. The standard InChI is InChI=1S/C19H30N4O/c1-2-3-4-5-12-23-17-13-19(18(20)24,9-6-15(17)14-22-23)16-7-10-21-11-8-16/h6,9,13-14,16,21-22H,2-5,7-8,10-12H2,1H3,(H2,20,24). The van der Waals surface area contributed by atoms with Crippen molar-refractivity contribution in [3.8, 4) is 0 Å². The molecule has 4 N–H and O–H groups in total. The average molecular weight is 330 g/mol. The number of amides is 1. The van der Waals surface area contributed by atoms with E-state index in [2.05, 4.69) is 34.8 Å². The first-order valence-electron chi connectivity index (χ1n) is 9.34. The largest absolute Gasteiger partial charge is 0.369 e. The third-order valence-electron chi connectivity index (χ3n) is 5.55. The van der Waals surface area contributed by atoms with Gasteiger partial charge < -0.3 is 16.5 Å². The molecular weight excluding hydrogens is 300 g/mol. The molecule has 3 rings (SSSR count). The monoisotopic (exact) mass is 330 g/mol. The van der Waals surface area contributed by atoms with Gasteiger partial charge in [0.25, 0.3) is 0 Å². The number of nitrogens with zero attached hydrogens (tertiary/aromatic N) is 1. The van der Waals surface area contributed by atoms with Crippen LogP contribution in [0.4, 0.5) is 0 Å². The highest BCUT2D eigenvalue weighted by Crippen LogP contribution is 2.43. The number of nitrogens with two attached hydrogens (primary N) is 1. The number of rotatable bonds is 7. The molecule has 2 aliphatic heterocycles. The number of fused-ring (bicyclic) bond motifs is 1. The van der Waals surface area contributed by atoms with Crippen molar-refractivity contribution in [3.63, 3.8) is 0 Å². The Balaban J connectivity index is 1.79. The average Bonchev–Trinajstić information content (AvgIpc) is 3.01. The summed E-state index contributed by atoms with van der Waals surface area (Å²) in [5.74, 6) is 0.0547. The highest BCUT2D eigenvalue weighted by molar-refractivity contribution is 5.87. The van der Waals surface area contributed by atoms with Crippen LogP contribution in [0.3, 0.4) is 0 Å². The first kappa shape index (κ1) is 17.1. The lowest BCUT2D eigenvalue weighted by molar-refractivity contribution is -0.125. The number of nitrogens with one attached hydrogen (secondary N) is 2. The maximum Gasteiger partial charge on any atom is 0.231 e. The van der Waals surface area contributed by atoms with Gasteiger partial charge >= 0.3 is 0 Å². The summed E-state index contributed by atoms with van der Waals surface area (Å²) >= 11 is 0. The summed E-state index contributed by atoms with van der Waals surface area (Å²) in [5, 5.41) is 5.55. The number of hydrogen-bond donors (Lipinski definition) is 3. The highest BCUT2D eigenvalue weighted by Gasteiger charge is 2.43. The molecule has 5 nitrogen and oxygen atoms in total. The molecule has 1 aliphatic carbocycles. The Hall–Kier alpha value is -1.75. The predicted molar refractivity (Wildman–Crippen MR) is 96.5 cm³/mol. The Morgan fingerprint density at radius 3 is 2.83 bits per heavy atom. The fourth-order valence-electron chi connectivity index (χ4n) is 4.03. The van der Waals surface area contributed by atoms with E-state index < -0.39 is 5.41 Å². The Labute approximate surface area is 145 Å². The van der Waals surface area contributed by atoms with E-state index in [9.17, 15) is 4.79 Å². The number of carbonyl (C=O) groups is 1. The van der Waals surface area contributed by atoms with Gasteiger partial charge in [0.05, 0.1) is 11.1 Å².